The summed E-state index contributed by atoms with van der Waals surface area (Å²) >= 11 is 0. The van der Waals surface area contributed by atoms with Gasteiger partial charge in [-0.3, -0.25) is 0 Å². The van der Waals surface area contributed by atoms with Gasteiger partial charge in [0.2, 0.25) is 0 Å². The van der Waals surface area contributed by atoms with Gasteiger partial charge in [-0.25, -0.2) is 9.59 Å². The number of rotatable bonds is 7. The Balaban J connectivity index is 1.81. The van der Waals surface area contributed by atoms with Gasteiger partial charge in [0.1, 0.15) is 0 Å². The van der Waals surface area contributed by atoms with Gasteiger partial charge in [0.15, 0.2) is 11.5 Å². The SMILES string of the molecule is CCc1cc(C2CCCCC2)c(CC)c(OC(=O)c2ccccc2)c1OC(=O)c1ccccc1. The molecule has 0 heterocycles. The Bertz CT molecular complexity index is 1130. The number of carbonyl (C=O) groups is 2. The molecule has 4 nitrogen and oxygen atoms in total. The van der Waals surface area contributed by atoms with Crippen molar-refractivity contribution in [1.29, 1.82) is 0 Å². The Labute approximate surface area is 201 Å². The zero-order valence-electron chi connectivity index (χ0n) is 20.0. The van der Waals surface area contributed by atoms with Crippen molar-refractivity contribution in [3.63, 3.8) is 0 Å². The van der Waals surface area contributed by atoms with E-state index in [1.54, 1.807) is 36.4 Å². The topological polar surface area (TPSA) is 52.6 Å². The van der Waals surface area contributed by atoms with Gasteiger partial charge >= 0.3 is 11.9 Å². The second kappa shape index (κ2) is 11.1. The summed E-state index contributed by atoms with van der Waals surface area (Å²) in [5.41, 5.74) is 4.00. The third-order valence-corrected chi connectivity index (χ3v) is 6.64. The molecule has 4 heteroatoms. The summed E-state index contributed by atoms with van der Waals surface area (Å²) in [5.74, 6) is 0.273. The predicted octanol–water partition coefficient (Wildman–Crippen LogP) is 7.30. The van der Waals surface area contributed by atoms with E-state index < -0.39 is 11.9 Å². The molecule has 0 amide bonds. The van der Waals surface area contributed by atoms with E-state index in [9.17, 15) is 9.59 Å². The second-order valence-corrected chi connectivity index (χ2v) is 8.81. The smallest absolute Gasteiger partial charge is 0.343 e. The van der Waals surface area contributed by atoms with E-state index in [2.05, 4.69) is 13.0 Å². The van der Waals surface area contributed by atoms with Gasteiger partial charge < -0.3 is 9.47 Å². The van der Waals surface area contributed by atoms with Crippen molar-refractivity contribution in [2.75, 3.05) is 0 Å². The van der Waals surface area contributed by atoms with Gasteiger partial charge in [-0.2, -0.15) is 0 Å². The first-order valence-electron chi connectivity index (χ1n) is 12.3. The van der Waals surface area contributed by atoms with Gasteiger partial charge in [-0.1, -0.05) is 75.6 Å². The molecule has 0 aromatic heterocycles. The zero-order chi connectivity index (χ0) is 23.9. The number of carbonyl (C=O) groups excluding carboxylic acids is 2. The summed E-state index contributed by atoms with van der Waals surface area (Å²) in [6.45, 7) is 4.10. The van der Waals surface area contributed by atoms with Crippen molar-refractivity contribution in [2.45, 2.75) is 64.7 Å². The van der Waals surface area contributed by atoms with Gasteiger partial charge in [-0.05, 0) is 67.0 Å². The number of hydrogen-bond acceptors (Lipinski definition) is 4. The maximum absolute atomic E-state index is 13.1. The van der Waals surface area contributed by atoms with Crippen LogP contribution in [0.4, 0.5) is 0 Å². The first kappa shape index (κ1) is 23.7. The molecule has 0 spiro atoms. The highest BCUT2D eigenvalue weighted by molar-refractivity contribution is 5.93. The fraction of sp³-hybridized carbons (Fsp3) is 0.333. The quantitative estimate of drug-likeness (QED) is 0.276. The fourth-order valence-electron chi connectivity index (χ4n) is 4.83. The second-order valence-electron chi connectivity index (χ2n) is 8.81. The van der Waals surface area contributed by atoms with Crippen molar-refractivity contribution in [2.24, 2.45) is 0 Å². The first-order valence-corrected chi connectivity index (χ1v) is 12.3. The van der Waals surface area contributed by atoms with E-state index in [0.717, 1.165) is 24.0 Å². The Kier molecular flexibility index (Phi) is 7.79. The minimum absolute atomic E-state index is 0.358. The highest BCUT2D eigenvalue weighted by Gasteiger charge is 2.28. The third-order valence-electron chi connectivity index (χ3n) is 6.64. The highest BCUT2D eigenvalue weighted by Crippen LogP contribution is 2.44. The highest BCUT2D eigenvalue weighted by atomic mass is 16.6. The Morgan fingerprint density at radius 3 is 1.76 bits per heavy atom. The van der Waals surface area contributed by atoms with E-state index in [1.165, 1.54) is 24.8 Å². The summed E-state index contributed by atoms with van der Waals surface area (Å²) in [7, 11) is 0. The number of hydrogen-bond donors (Lipinski definition) is 0. The molecule has 1 aliphatic carbocycles. The standard InChI is InChI=1S/C30H32O4/c1-3-21-20-26(22-14-8-5-9-15-22)25(4-2)28(34-30(32)24-18-12-7-13-19-24)27(21)33-29(31)23-16-10-6-11-17-23/h6-7,10-13,16-20,22H,3-5,8-9,14-15H2,1-2H3. The molecule has 1 aliphatic rings. The summed E-state index contributed by atoms with van der Waals surface area (Å²) in [6.07, 6.45) is 7.29. The van der Waals surface area contributed by atoms with Gasteiger partial charge in [0.05, 0.1) is 11.1 Å². The van der Waals surface area contributed by atoms with Crippen LogP contribution in [0.1, 0.15) is 89.3 Å². The molecule has 0 aliphatic heterocycles. The molecule has 4 rings (SSSR count). The molecule has 0 saturated heterocycles. The van der Waals surface area contributed by atoms with Crippen LogP contribution in [0, 0.1) is 0 Å². The minimum atomic E-state index is -0.459. The molecule has 1 fully saturated rings. The number of aryl methyl sites for hydroxylation is 1. The van der Waals surface area contributed by atoms with Crippen LogP contribution < -0.4 is 9.47 Å². The molecule has 34 heavy (non-hydrogen) atoms. The minimum Gasteiger partial charge on any atom is -0.419 e. The van der Waals surface area contributed by atoms with Crippen LogP contribution >= 0.6 is 0 Å². The maximum Gasteiger partial charge on any atom is 0.343 e. The molecule has 0 radical (unpaired) electrons. The largest absolute Gasteiger partial charge is 0.419 e. The van der Waals surface area contributed by atoms with E-state index >= 15 is 0 Å². The van der Waals surface area contributed by atoms with E-state index in [1.807, 2.05) is 31.2 Å². The normalized spacial score (nSPS) is 13.9. The molecular weight excluding hydrogens is 424 g/mol. The summed E-state index contributed by atoms with van der Waals surface area (Å²) < 4.78 is 12.0. The number of benzene rings is 3. The zero-order valence-corrected chi connectivity index (χ0v) is 20.0. The molecule has 176 valence electrons. The van der Waals surface area contributed by atoms with E-state index in [-0.39, 0.29) is 0 Å². The Morgan fingerprint density at radius 1 is 0.735 bits per heavy atom. The van der Waals surface area contributed by atoms with Crippen LogP contribution in [0.5, 0.6) is 11.5 Å². The van der Waals surface area contributed by atoms with Crippen molar-refractivity contribution in [3.8, 4) is 11.5 Å². The first-order chi connectivity index (χ1) is 16.6. The van der Waals surface area contributed by atoms with Crippen molar-refractivity contribution in [1.82, 2.24) is 0 Å². The molecule has 1 saturated carbocycles. The average molecular weight is 457 g/mol. The van der Waals surface area contributed by atoms with Crippen LogP contribution in [0.15, 0.2) is 66.7 Å². The van der Waals surface area contributed by atoms with Crippen molar-refractivity contribution < 1.29 is 19.1 Å². The van der Waals surface area contributed by atoms with E-state index in [4.69, 9.17) is 9.47 Å². The molecule has 3 aromatic carbocycles. The molecule has 0 bridgehead atoms. The molecule has 0 N–H and O–H groups in total. The summed E-state index contributed by atoms with van der Waals surface area (Å²) in [4.78, 5) is 26.1. The molecule has 3 aromatic rings. The summed E-state index contributed by atoms with van der Waals surface area (Å²) in [5, 5.41) is 0. The fourth-order valence-corrected chi connectivity index (χ4v) is 4.83. The van der Waals surface area contributed by atoms with Crippen LogP contribution in [0.25, 0.3) is 0 Å². The average Bonchev–Trinajstić information content (AvgIpc) is 2.90. The van der Waals surface area contributed by atoms with Gasteiger partial charge in [0, 0.05) is 5.56 Å². The lowest BCUT2D eigenvalue weighted by Gasteiger charge is -2.27. The van der Waals surface area contributed by atoms with Gasteiger partial charge in [0.25, 0.3) is 0 Å². The lowest BCUT2D eigenvalue weighted by molar-refractivity contribution is 0.0679. The van der Waals surface area contributed by atoms with Crippen LogP contribution in [0.3, 0.4) is 0 Å². The molecule has 0 atom stereocenters. The molecular formula is C30H32O4. The number of esters is 2. The Hall–Kier alpha value is -3.40. The van der Waals surface area contributed by atoms with E-state index in [0.29, 0.717) is 41.4 Å². The van der Waals surface area contributed by atoms with Crippen molar-refractivity contribution in [3.05, 3.63) is 94.5 Å². The van der Waals surface area contributed by atoms with Crippen LogP contribution in [0.2, 0.25) is 0 Å². The van der Waals surface area contributed by atoms with Gasteiger partial charge in [-0.15, -0.1) is 0 Å². The molecule has 0 unspecified atom stereocenters. The maximum atomic E-state index is 13.1. The lowest BCUT2D eigenvalue weighted by atomic mass is 9.80. The summed E-state index contributed by atoms with van der Waals surface area (Å²) in [6, 6.07) is 20.0. The van der Waals surface area contributed by atoms with Crippen LogP contribution in [-0.2, 0) is 12.8 Å². The lowest BCUT2D eigenvalue weighted by Crippen LogP contribution is -2.17. The monoisotopic (exact) mass is 456 g/mol. The van der Waals surface area contributed by atoms with Crippen LogP contribution in [-0.4, -0.2) is 11.9 Å². The number of ether oxygens (including phenoxy) is 2. The third kappa shape index (κ3) is 5.22. The van der Waals surface area contributed by atoms with Crippen molar-refractivity contribution >= 4 is 11.9 Å². The Morgan fingerprint density at radius 2 is 1.26 bits per heavy atom. The predicted molar refractivity (Wildman–Crippen MR) is 134 cm³/mol.